The van der Waals surface area contributed by atoms with Gasteiger partial charge in [0.1, 0.15) is 0 Å². The highest BCUT2D eigenvalue weighted by Crippen LogP contribution is 2.17. The quantitative estimate of drug-likeness (QED) is 0.395. The Balaban J connectivity index is 4.76. The minimum Gasteiger partial charge on any atom is -0.545 e. The average molecular weight is 279 g/mol. The van der Waals surface area contributed by atoms with Crippen LogP contribution in [0.15, 0.2) is 11.6 Å². The molecule has 0 aromatic rings. The molecule has 7 heteroatoms. The molecule has 0 aliphatic heterocycles. The maximum atomic E-state index is 11.2. The monoisotopic (exact) mass is 279 g/mol. The lowest BCUT2D eigenvalue weighted by Gasteiger charge is -2.35. The molecule has 18 heavy (non-hydrogen) atoms. The number of carbonyl (C=O) groups is 1. The number of carboxylic acid groups (broad SMARTS) is 1. The van der Waals surface area contributed by atoms with Crippen molar-refractivity contribution >= 4 is 16.1 Å². The summed E-state index contributed by atoms with van der Waals surface area (Å²) in [6, 6.07) is 0. The van der Waals surface area contributed by atoms with E-state index in [0.717, 1.165) is 0 Å². The number of quaternary nitrogens is 1. The number of carbonyl (C=O) groups excluding carboxylic acids is 1. The first kappa shape index (κ1) is 17.1. The molecule has 0 bridgehead atoms. The van der Waals surface area contributed by atoms with Crippen LogP contribution in [0.5, 0.6) is 0 Å². The number of rotatable bonds is 7. The van der Waals surface area contributed by atoms with Gasteiger partial charge in [0.05, 0.1) is 26.6 Å². The fraction of sp³-hybridized carbons (Fsp3) is 0.727. The van der Waals surface area contributed by atoms with Gasteiger partial charge < -0.3 is 14.4 Å². The predicted molar refractivity (Wildman–Crippen MR) is 66.0 cm³/mol. The van der Waals surface area contributed by atoms with E-state index in [1.54, 1.807) is 21.0 Å². The molecule has 106 valence electrons. The zero-order valence-corrected chi connectivity index (χ0v) is 12.0. The molecule has 1 atom stereocenters. The van der Waals surface area contributed by atoms with E-state index in [2.05, 4.69) is 0 Å². The second-order valence-electron chi connectivity index (χ2n) is 4.84. The summed E-state index contributed by atoms with van der Waals surface area (Å²) < 4.78 is 31.7. The van der Waals surface area contributed by atoms with Gasteiger partial charge in [-0.05, 0) is 12.5 Å². The van der Waals surface area contributed by atoms with Crippen molar-refractivity contribution in [3.63, 3.8) is 0 Å². The maximum Gasteiger partial charge on any atom is 0.319 e. The van der Waals surface area contributed by atoms with Crippen molar-refractivity contribution < 1.29 is 27.4 Å². The zero-order valence-electron chi connectivity index (χ0n) is 11.2. The van der Waals surface area contributed by atoms with Gasteiger partial charge in [-0.3, -0.25) is 4.55 Å². The molecule has 0 amide bonds. The van der Waals surface area contributed by atoms with Gasteiger partial charge in [0.15, 0.2) is 0 Å². The van der Waals surface area contributed by atoms with E-state index in [9.17, 15) is 18.3 Å². The molecule has 0 rings (SSSR count). The molecular weight excluding hydrogens is 258 g/mol. The van der Waals surface area contributed by atoms with Crippen LogP contribution in [0.2, 0.25) is 0 Å². The van der Waals surface area contributed by atoms with Crippen LogP contribution < -0.4 is 5.11 Å². The van der Waals surface area contributed by atoms with E-state index in [-0.39, 0.29) is 16.5 Å². The van der Waals surface area contributed by atoms with Gasteiger partial charge in [-0.15, -0.1) is 0 Å². The highest BCUT2D eigenvalue weighted by Gasteiger charge is 2.36. The van der Waals surface area contributed by atoms with Crippen molar-refractivity contribution in [3.05, 3.63) is 11.6 Å². The van der Waals surface area contributed by atoms with Gasteiger partial charge >= 0.3 is 10.1 Å². The van der Waals surface area contributed by atoms with Crippen molar-refractivity contribution in [3.8, 4) is 0 Å². The van der Waals surface area contributed by atoms with Crippen LogP contribution in [0.1, 0.15) is 26.7 Å². The molecule has 0 heterocycles. The fourth-order valence-corrected chi connectivity index (χ4v) is 3.15. The zero-order chi connectivity index (χ0) is 14.6. The molecule has 1 N–H and O–H groups in total. The van der Waals surface area contributed by atoms with Crippen LogP contribution in [-0.4, -0.2) is 49.4 Å². The standard InChI is InChI=1S/C11H21NO5S/c1-5-10(18(15,16)17)12(3,4)8-6-7-9(2)11(13)14/h7,10H,5-6,8H2,1-4H3,(H-,13,14,15,16,17). The van der Waals surface area contributed by atoms with Gasteiger partial charge in [-0.2, -0.15) is 8.42 Å². The summed E-state index contributed by atoms with van der Waals surface area (Å²) >= 11 is 0. The van der Waals surface area contributed by atoms with E-state index < -0.39 is 21.5 Å². The summed E-state index contributed by atoms with van der Waals surface area (Å²) in [6.07, 6.45) is 2.18. The molecule has 0 saturated carbocycles. The highest BCUT2D eigenvalue weighted by molar-refractivity contribution is 7.86. The topological polar surface area (TPSA) is 94.5 Å². The summed E-state index contributed by atoms with van der Waals surface area (Å²) in [7, 11) is -0.747. The van der Waals surface area contributed by atoms with Crippen LogP contribution in [0.25, 0.3) is 0 Å². The van der Waals surface area contributed by atoms with E-state index in [0.29, 0.717) is 13.0 Å². The second kappa shape index (κ2) is 6.31. The lowest BCUT2D eigenvalue weighted by molar-refractivity contribution is -0.901. The van der Waals surface area contributed by atoms with E-state index in [1.807, 2.05) is 0 Å². The minimum absolute atomic E-state index is 0.0756. The Bertz CT molecular complexity index is 425. The Hall–Kier alpha value is -0.920. The average Bonchev–Trinajstić information content (AvgIpc) is 2.14. The minimum atomic E-state index is -4.12. The van der Waals surface area contributed by atoms with Gasteiger partial charge in [0.2, 0.25) is 5.37 Å². The molecule has 0 radical (unpaired) electrons. The Morgan fingerprint density at radius 1 is 1.44 bits per heavy atom. The number of nitrogens with zero attached hydrogens (tertiary/aromatic N) is 1. The van der Waals surface area contributed by atoms with E-state index in [4.69, 9.17) is 4.55 Å². The Kier molecular flexibility index (Phi) is 5.98. The smallest absolute Gasteiger partial charge is 0.319 e. The van der Waals surface area contributed by atoms with Crippen molar-refractivity contribution in [2.75, 3.05) is 20.6 Å². The first-order valence-corrected chi connectivity index (χ1v) is 7.19. The molecule has 0 spiro atoms. The SMILES string of the molecule is CCC([N+](C)(C)CCC=C(C)C(=O)[O-])S(=O)(=O)O. The largest absolute Gasteiger partial charge is 0.545 e. The molecule has 0 aromatic carbocycles. The first-order chi connectivity index (χ1) is 8.02. The molecule has 0 fully saturated rings. The lowest BCUT2D eigenvalue weighted by atomic mass is 10.2. The van der Waals surface area contributed by atoms with Crippen molar-refractivity contribution in [1.29, 1.82) is 0 Å². The Morgan fingerprint density at radius 3 is 2.28 bits per heavy atom. The normalized spacial score (nSPS) is 15.5. The molecule has 0 aliphatic carbocycles. The third kappa shape index (κ3) is 5.16. The number of hydrogen-bond donors (Lipinski definition) is 1. The van der Waals surface area contributed by atoms with Gasteiger partial charge in [0, 0.05) is 12.8 Å². The summed E-state index contributed by atoms with van der Waals surface area (Å²) in [4.78, 5) is 10.5. The predicted octanol–water partition coefficient (Wildman–Crippen LogP) is -0.227. The number of carboxylic acids is 1. The molecular formula is C11H21NO5S. The Labute approximate surface area is 108 Å². The van der Waals surface area contributed by atoms with E-state index in [1.165, 1.54) is 13.0 Å². The van der Waals surface area contributed by atoms with Crippen LogP contribution in [0, 0.1) is 0 Å². The summed E-state index contributed by atoms with van der Waals surface area (Å²) in [5.74, 6) is -1.23. The van der Waals surface area contributed by atoms with Gasteiger partial charge in [-0.25, -0.2) is 0 Å². The third-order valence-electron chi connectivity index (χ3n) is 2.95. The number of aliphatic carboxylic acids is 1. The second-order valence-corrected chi connectivity index (χ2v) is 6.42. The summed E-state index contributed by atoms with van der Waals surface area (Å²) in [5, 5.41) is 9.58. The van der Waals surface area contributed by atoms with Crippen molar-refractivity contribution in [2.24, 2.45) is 0 Å². The van der Waals surface area contributed by atoms with Crippen LogP contribution in [-0.2, 0) is 14.9 Å². The first-order valence-electron chi connectivity index (χ1n) is 5.69. The fourth-order valence-electron chi connectivity index (χ4n) is 1.91. The maximum absolute atomic E-state index is 11.2. The van der Waals surface area contributed by atoms with Crippen molar-refractivity contribution in [2.45, 2.75) is 32.1 Å². The van der Waals surface area contributed by atoms with Gasteiger partial charge in [0.25, 0.3) is 0 Å². The lowest BCUT2D eigenvalue weighted by Crippen LogP contribution is -2.52. The van der Waals surface area contributed by atoms with E-state index >= 15 is 0 Å². The van der Waals surface area contributed by atoms with Crippen LogP contribution >= 0.6 is 0 Å². The van der Waals surface area contributed by atoms with Crippen LogP contribution in [0.4, 0.5) is 0 Å². The molecule has 0 saturated heterocycles. The molecule has 0 aliphatic rings. The third-order valence-corrected chi connectivity index (χ3v) is 4.54. The highest BCUT2D eigenvalue weighted by atomic mass is 32.2. The molecule has 1 unspecified atom stereocenters. The summed E-state index contributed by atoms with van der Waals surface area (Å²) in [5.41, 5.74) is 0.120. The van der Waals surface area contributed by atoms with Gasteiger partial charge in [-0.1, -0.05) is 13.0 Å². The van der Waals surface area contributed by atoms with Crippen LogP contribution in [0.3, 0.4) is 0 Å². The summed E-state index contributed by atoms with van der Waals surface area (Å²) in [6.45, 7) is 3.51. The molecule has 0 aromatic heterocycles. The Morgan fingerprint density at radius 2 is 1.94 bits per heavy atom. The van der Waals surface area contributed by atoms with Crippen molar-refractivity contribution in [1.82, 2.24) is 0 Å². The molecule has 6 nitrogen and oxygen atoms in total. The number of hydrogen-bond acceptors (Lipinski definition) is 4.